The highest BCUT2D eigenvalue weighted by molar-refractivity contribution is 6.00. The van der Waals surface area contributed by atoms with Gasteiger partial charge in [-0.15, -0.1) is 0 Å². The number of esters is 1. The predicted molar refractivity (Wildman–Crippen MR) is 175 cm³/mol. The third-order valence-corrected chi connectivity index (χ3v) is 11.6. The molecule has 2 aliphatic heterocycles. The van der Waals surface area contributed by atoms with E-state index in [1.165, 1.54) is 19.3 Å². The van der Waals surface area contributed by atoms with Crippen LogP contribution in [0, 0.1) is 29.6 Å². The summed E-state index contributed by atoms with van der Waals surface area (Å²) in [5.74, 6) is 0.820. The van der Waals surface area contributed by atoms with Crippen LogP contribution < -0.4 is 11.1 Å². The fraction of sp³-hybridized carbons (Fsp3) is 0.703. The van der Waals surface area contributed by atoms with Gasteiger partial charge in [-0.3, -0.25) is 14.0 Å². The van der Waals surface area contributed by atoms with Crippen LogP contribution in [0.3, 0.4) is 0 Å². The number of hydrogen-bond donors (Lipinski definition) is 2. The smallest absolute Gasteiger partial charge is 0.334 e. The zero-order valence-electron chi connectivity index (χ0n) is 27.2. The van der Waals surface area contributed by atoms with Crippen LogP contribution in [0.2, 0.25) is 0 Å². The van der Waals surface area contributed by atoms with Crippen LogP contribution in [0.1, 0.15) is 94.6 Å². The maximum atomic E-state index is 14.1. The third-order valence-electron chi connectivity index (χ3n) is 11.6. The molecule has 0 aromatic heterocycles. The first-order valence-corrected chi connectivity index (χ1v) is 17.9. The second-order valence-corrected chi connectivity index (χ2v) is 14.5. The van der Waals surface area contributed by atoms with E-state index >= 15 is 0 Å². The van der Waals surface area contributed by atoms with E-state index in [9.17, 15) is 18.8 Å². The first kappa shape index (κ1) is 33.1. The molecule has 252 valence electrons. The molecule has 2 amide bonds. The van der Waals surface area contributed by atoms with Crippen molar-refractivity contribution in [3.8, 4) is 0 Å². The average Bonchev–Trinajstić information content (AvgIpc) is 3.73. The normalized spacial score (nSPS) is 28.0. The zero-order chi connectivity index (χ0) is 32.0. The summed E-state index contributed by atoms with van der Waals surface area (Å²) in [7, 11) is 0. The van der Waals surface area contributed by atoms with Crippen LogP contribution in [0.4, 0.5) is 10.1 Å². The molecule has 0 unspecified atom stereocenters. The van der Waals surface area contributed by atoms with Gasteiger partial charge in [0, 0.05) is 49.4 Å². The zero-order valence-corrected chi connectivity index (χ0v) is 27.2. The molecule has 9 heteroatoms. The standard InChI is InChI=1S/C37H52FN3O5/c38-16-12-33(39)26-6-8-27(9-7-26)36(43)41-17-13-32(25-4-2-1-3-5-25)34(41)35(42)40-31-11-10-28-20-30(21-29(28)22-31)37(44)46-23-24-14-18-45-19-15-24/h10-11,21-22,24-27,32-34H,1-9,12-20,23,39H2,(H,40,42)/t26?,27?,32-,33+,34-/m0/s1. The monoisotopic (exact) mass is 637 g/mol. The van der Waals surface area contributed by atoms with Crippen molar-refractivity contribution in [1.82, 2.24) is 4.90 Å². The molecule has 8 nitrogen and oxygen atoms in total. The van der Waals surface area contributed by atoms with E-state index < -0.39 is 12.7 Å². The minimum Gasteiger partial charge on any atom is -0.462 e. The maximum Gasteiger partial charge on any atom is 0.334 e. The van der Waals surface area contributed by atoms with Gasteiger partial charge in [0.25, 0.3) is 0 Å². The van der Waals surface area contributed by atoms with Crippen molar-refractivity contribution in [2.24, 2.45) is 35.3 Å². The van der Waals surface area contributed by atoms with Crippen molar-refractivity contribution < 1.29 is 28.2 Å². The van der Waals surface area contributed by atoms with Gasteiger partial charge in [-0.05, 0) is 104 Å². The molecule has 3 atom stereocenters. The minimum atomic E-state index is -0.485. The number of amides is 2. The number of fused-ring (bicyclic) bond motifs is 1. The molecule has 3 aliphatic carbocycles. The van der Waals surface area contributed by atoms with Gasteiger partial charge >= 0.3 is 5.97 Å². The number of nitrogens with two attached hydrogens (primary N) is 1. The summed E-state index contributed by atoms with van der Waals surface area (Å²) in [4.78, 5) is 42.9. The first-order valence-electron chi connectivity index (χ1n) is 17.9. The lowest BCUT2D eigenvalue weighted by atomic mass is 9.76. The van der Waals surface area contributed by atoms with Gasteiger partial charge in [-0.25, -0.2) is 4.79 Å². The lowest BCUT2D eigenvalue weighted by molar-refractivity contribution is -0.142. The van der Waals surface area contributed by atoms with Gasteiger partial charge in [-0.1, -0.05) is 38.2 Å². The van der Waals surface area contributed by atoms with E-state index in [2.05, 4.69) is 5.32 Å². The number of ether oxygens (including phenoxy) is 2. The quantitative estimate of drug-likeness (QED) is 0.313. The van der Waals surface area contributed by atoms with E-state index in [-0.39, 0.29) is 41.6 Å². The summed E-state index contributed by atoms with van der Waals surface area (Å²) in [6, 6.07) is 5.18. The van der Waals surface area contributed by atoms with Crippen LogP contribution in [-0.4, -0.2) is 67.8 Å². The molecule has 1 aromatic rings. The Labute approximate surface area is 273 Å². The topological polar surface area (TPSA) is 111 Å². The molecule has 0 bridgehead atoms. The highest BCUT2D eigenvalue weighted by Gasteiger charge is 2.47. The molecular formula is C37H52FN3O5. The second kappa shape index (κ2) is 15.4. The highest BCUT2D eigenvalue weighted by Crippen LogP contribution is 2.41. The molecule has 1 aromatic carbocycles. The summed E-state index contributed by atoms with van der Waals surface area (Å²) in [5, 5.41) is 3.18. The Kier molecular flexibility index (Phi) is 11.1. The summed E-state index contributed by atoms with van der Waals surface area (Å²) >= 11 is 0. The number of rotatable bonds is 10. The average molecular weight is 638 g/mol. The Morgan fingerprint density at radius 3 is 2.50 bits per heavy atom. The van der Waals surface area contributed by atoms with Crippen LogP contribution in [0.5, 0.6) is 0 Å². The van der Waals surface area contributed by atoms with Crippen LogP contribution >= 0.6 is 0 Å². The Morgan fingerprint density at radius 1 is 1.00 bits per heavy atom. The lowest BCUT2D eigenvalue weighted by Crippen LogP contribution is -2.50. The van der Waals surface area contributed by atoms with Gasteiger partial charge < -0.3 is 25.4 Å². The van der Waals surface area contributed by atoms with Crippen LogP contribution in [-0.2, 0) is 30.3 Å². The molecule has 2 heterocycles. The van der Waals surface area contributed by atoms with Crippen molar-refractivity contribution >= 4 is 29.5 Å². The van der Waals surface area contributed by atoms with E-state index in [0.717, 1.165) is 82.1 Å². The van der Waals surface area contributed by atoms with Crippen LogP contribution in [0.25, 0.3) is 6.08 Å². The number of hydrogen-bond acceptors (Lipinski definition) is 6. The third kappa shape index (κ3) is 7.67. The highest BCUT2D eigenvalue weighted by atomic mass is 19.1. The van der Waals surface area contributed by atoms with Crippen molar-refractivity contribution in [3.63, 3.8) is 0 Å². The summed E-state index contributed by atoms with van der Waals surface area (Å²) < 4.78 is 23.9. The van der Waals surface area contributed by atoms with Crippen molar-refractivity contribution in [3.05, 3.63) is 34.9 Å². The number of alkyl halides is 1. The molecule has 5 aliphatic rings. The summed E-state index contributed by atoms with van der Waals surface area (Å²) in [5.41, 5.74) is 9.49. The Hall–Kier alpha value is -2.78. The number of benzene rings is 1. The van der Waals surface area contributed by atoms with Gasteiger partial charge in [0.2, 0.25) is 11.8 Å². The van der Waals surface area contributed by atoms with E-state index in [0.29, 0.717) is 49.1 Å². The van der Waals surface area contributed by atoms with Crippen molar-refractivity contribution in [2.75, 3.05) is 38.4 Å². The molecule has 0 radical (unpaired) electrons. The number of anilines is 1. The second-order valence-electron chi connectivity index (χ2n) is 14.5. The van der Waals surface area contributed by atoms with Gasteiger partial charge in [-0.2, -0.15) is 0 Å². The van der Waals surface area contributed by atoms with Crippen LogP contribution in [0.15, 0.2) is 23.8 Å². The number of nitrogens with zero attached hydrogens (tertiary/aromatic N) is 1. The fourth-order valence-electron chi connectivity index (χ4n) is 8.80. The van der Waals surface area contributed by atoms with Gasteiger partial charge in [0.15, 0.2) is 0 Å². The Morgan fingerprint density at radius 2 is 1.76 bits per heavy atom. The SMILES string of the molecule is N[C@H](CCF)C1CCC(C(=O)N2CC[C@@H](C3CCCCC3)[C@H]2C(=O)Nc2ccc3c(c2)C=C(C(=O)OCC2CCOCC2)C3)CC1. The number of nitrogens with one attached hydrogen (secondary N) is 1. The molecule has 6 rings (SSSR count). The molecule has 46 heavy (non-hydrogen) atoms. The number of carbonyl (C=O) groups excluding carboxylic acids is 3. The Balaban J connectivity index is 1.12. The number of carbonyl (C=O) groups is 3. The van der Waals surface area contributed by atoms with Gasteiger partial charge in [0.05, 0.1) is 13.3 Å². The molecule has 3 N–H and O–H groups in total. The fourth-order valence-corrected chi connectivity index (χ4v) is 8.80. The largest absolute Gasteiger partial charge is 0.462 e. The minimum absolute atomic E-state index is 0.0942. The molecule has 4 fully saturated rings. The first-order chi connectivity index (χ1) is 22.4. The molecule has 2 saturated heterocycles. The number of likely N-dealkylation sites (tertiary alicyclic amines) is 1. The predicted octanol–water partition coefficient (Wildman–Crippen LogP) is 5.83. The molecule has 0 spiro atoms. The molecule has 2 saturated carbocycles. The van der Waals surface area contributed by atoms with E-state index in [1.54, 1.807) is 0 Å². The van der Waals surface area contributed by atoms with Gasteiger partial charge in [0.1, 0.15) is 6.04 Å². The Bertz CT molecular complexity index is 1270. The maximum absolute atomic E-state index is 14.1. The van der Waals surface area contributed by atoms with Crippen molar-refractivity contribution in [1.29, 1.82) is 0 Å². The summed E-state index contributed by atoms with van der Waals surface area (Å²) in [6.07, 6.45) is 14.5. The van der Waals surface area contributed by atoms with Crippen molar-refractivity contribution in [2.45, 2.75) is 102 Å². The van der Waals surface area contributed by atoms with E-state index in [4.69, 9.17) is 15.2 Å². The summed E-state index contributed by atoms with van der Waals surface area (Å²) in [6.45, 7) is 2.07. The number of halogens is 1. The van der Waals surface area contributed by atoms with E-state index in [1.807, 2.05) is 29.2 Å². The molecular weight excluding hydrogens is 585 g/mol. The lowest BCUT2D eigenvalue weighted by Gasteiger charge is -2.37.